The Morgan fingerprint density at radius 2 is 2.36 bits per heavy atom. The van der Waals surface area contributed by atoms with Crippen molar-refractivity contribution in [3.63, 3.8) is 0 Å². The van der Waals surface area contributed by atoms with Gasteiger partial charge < -0.3 is 15.1 Å². The van der Waals surface area contributed by atoms with Crippen LogP contribution in [0.15, 0.2) is 0 Å². The van der Waals surface area contributed by atoms with Gasteiger partial charge in [-0.25, -0.2) is 0 Å². The first-order valence-corrected chi connectivity index (χ1v) is 5.29. The monoisotopic (exact) mass is 199 g/mol. The summed E-state index contributed by atoms with van der Waals surface area (Å²) in [6.45, 7) is 5.44. The van der Waals surface area contributed by atoms with E-state index in [1.807, 2.05) is 14.0 Å². The SMILES string of the molecule is CCN(C)C(=O)CNC1CCN(C)C1. The van der Waals surface area contributed by atoms with Gasteiger partial charge in [0.25, 0.3) is 0 Å². The maximum absolute atomic E-state index is 11.5. The van der Waals surface area contributed by atoms with E-state index in [0.717, 1.165) is 26.1 Å². The zero-order valence-electron chi connectivity index (χ0n) is 9.42. The number of hydrogen-bond donors (Lipinski definition) is 1. The van der Waals surface area contributed by atoms with Gasteiger partial charge in [-0.15, -0.1) is 0 Å². The van der Waals surface area contributed by atoms with Crippen LogP contribution in [0.5, 0.6) is 0 Å². The Morgan fingerprint density at radius 3 is 2.86 bits per heavy atom. The standard InChI is InChI=1S/C10H21N3O/c1-4-13(3)10(14)7-11-9-5-6-12(2)8-9/h9,11H,4-8H2,1-3H3. The fourth-order valence-electron chi connectivity index (χ4n) is 1.64. The molecule has 1 unspecified atom stereocenters. The Kier molecular flexibility index (Phi) is 4.35. The smallest absolute Gasteiger partial charge is 0.236 e. The summed E-state index contributed by atoms with van der Waals surface area (Å²) in [6.07, 6.45) is 1.15. The molecule has 0 bridgehead atoms. The first-order valence-electron chi connectivity index (χ1n) is 5.29. The van der Waals surface area contributed by atoms with Crippen LogP contribution in [0.25, 0.3) is 0 Å². The summed E-state index contributed by atoms with van der Waals surface area (Å²) in [5.74, 6) is 0.182. The van der Waals surface area contributed by atoms with Crippen molar-refractivity contribution < 1.29 is 4.79 Å². The molecule has 4 heteroatoms. The molecule has 0 aromatic heterocycles. The van der Waals surface area contributed by atoms with Gasteiger partial charge in [-0.1, -0.05) is 0 Å². The minimum absolute atomic E-state index is 0.182. The third-order valence-corrected chi connectivity index (χ3v) is 2.83. The molecule has 14 heavy (non-hydrogen) atoms. The lowest BCUT2D eigenvalue weighted by molar-refractivity contribution is -0.128. The number of rotatable bonds is 4. The van der Waals surface area contributed by atoms with E-state index in [9.17, 15) is 4.79 Å². The average molecular weight is 199 g/mol. The van der Waals surface area contributed by atoms with Crippen LogP contribution in [0.1, 0.15) is 13.3 Å². The van der Waals surface area contributed by atoms with Crippen LogP contribution in [0.3, 0.4) is 0 Å². The zero-order chi connectivity index (χ0) is 10.6. The maximum Gasteiger partial charge on any atom is 0.236 e. The average Bonchev–Trinajstić information content (AvgIpc) is 2.59. The molecule has 82 valence electrons. The van der Waals surface area contributed by atoms with Gasteiger partial charge in [-0.2, -0.15) is 0 Å². The lowest BCUT2D eigenvalue weighted by atomic mass is 10.2. The van der Waals surface area contributed by atoms with E-state index in [2.05, 4.69) is 17.3 Å². The molecule has 1 amide bonds. The van der Waals surface area contributed by atoms with Gasteiger partial charge in [0.1, 0.15) is 0 Å². The Labute approximate surface area is 86.2 Å². The van der Waals surface area contributed by atoms with Gasteiger partial charge in [0.15, 0.2) is 0 Å². The summed E-state index contributed by atoms with van der Waals surface area (Å²) in [7, 11) is 3.95. The highest BCUT2D eigenvalue weighted by Crippen LogP contribution is 2.05. The minimum atomic E-state index is 0.182. The third kappa shape index (κ3) is 3.27. The van der Waals surface area contributed by atoms with E-state index in [4.69, 9.17) is 0 Å². The molecule has 1 fully saturated rings. The van der Waals surface area contributed by atoms with Crippen LogP contribution in [0.4, 0.5) is 0 Å². The second kappa shape index (κ2) is 5.32. The van der Waals surface area contributed by atoms with E-state index in [1.165, 1.54) is 0 Å². The molecule has 0 aliphatic carbocycles. The Hall–Kier alpha value is -0.610. The normalized spacial score (nSPS) is 22.6. The number of carbonyl (C=O) groups excluding carboxylic acids is 1. The molecule has 1 saturated heterocycles. The number of carbonyl (C=O) groups is 1. The van der Waals surface area contributed by atoms with Crippen molar-refractivity contribution in [3.8, 4) is 0 Å². The summed E-state index contributed by atoms with van der Waals surface area (Å²) in [5.41, 5.74) is 0. The highest BCUT2D eigenvalue weighted by Gasteiger charge is 2.19. The van der Waals surface area contributed by atoms with E-state index in [1.54, 1.807) is 4.90 Å². The summed E-state index contributed by atoms with van der Waals surface area (Å²) >= 11 is 0. The molecule has 0 spiro atoms. The number of nitrogens with zero attached hydrogens (tertiary/aromatic N) is 2. The highest BCUT2D eigenvalue weighted by atomic mass is 16.2. The molecule has 0 saturated carbocycles. The lowest BCUT2D eigenvalue weighted by Crippen LogP contribution is -2.40. The largest absolute Gasteiger partial charge is 0.345 e. The Balaban J connectivity index is 2.17. The van der Waals surface area contributed by atoms with Crippen molar-refractivity contribution in [2.75, 3.05) is 40.3 Å². The molecule has 1 N–H and O–H groups in total. The molecule has 0 radical (unpaired) electrons. The zero-order valence-corrected chi connectivity index (χ0v) is 9.42. The summed E-state index contributed by atoms with van der Waals surface area (Å²) in [4.78, 5) is 15.5. The van der Waals surface area contributed by atoms with Gasteiger partial charge >= 0.3 is 0 Å². The van der Waals surface area contributed by atoms with Gasteiger partial charge in [-0.3, -0.25) is 4.79 Å². The second-order valence-corrected chi connectivity index (χ2v) is 4.04. The number of likely N-dealkylation sites (tertiary alicyclic amines) is 1. The molecule has 4 nitrogen and oxygen atoms in total. The topological polar surface area (TPSA) is 35.6 Å². The van der Waals surface area contributed by atoms with Crippen LogP contribution in [-0.4, -0.2) is 62.0 Å². The summed E-state index contributed by atoms with van der Waals surface area (Å²) in [6, 6.07) is 0.495. The molecule has 0 aromatic carbocycles. The van der Waals surface area contributed by atoms with Crippen LogP contribution in [-0.2, 0) is 4.79 Å². The van der Waals surface area contributed by atoms with Crippen LogP contribution in [0.2, 0.25) is 0 Å². The predicted molar refractivity (Wildman–Crippen MR) is 57.2 cm³/mol. The van der Waals surface area contributed by atoms with E-state index in [0.29, 0.717) is 12.6 Å². The van der Waals surface area contributed by atoms with Crippen LogP contribution < -0.4 is 5.32 Å². The molecule has 1 heterocycles. The van der Waals surface area contributed by atoms with Gasteiger partial charge in [0.05, 0.1) is 6.54 Å². The van der Waals surface area contributed by atoms with Crippen LogP contribution in [0, 0.1) is 0 Å². The molecule has 1 aliphatic heterocycles. The fraction of sp³-hybridized carbons (Fsp3) is 0.900. The first-order chi connectivity index (χ1) is 6.63. The van der Waals surface area contributed by atoms with Crippen molar-refractivity contribution in [3.05, 3.63) is 0 Å². The molecule has 1 atom stereocenters. The van der Waals surface area contributed by atoms with Gasteiger partial charge in [0.2, 0.25) is 5.91 Å². The van der Waals surface area contributed by atoms with Crippen molar-refractivity contribution >= 4 is 5.91 Å². The molecular weight excluding hydrogens is 178 g/mol. The molecular formula is C10H21N3O. The first kappa shape index (κ1) is 11.5. The number of likely N-dealkylation sites (N-methyl/N-ethyl adjacent to an activating group) is 2. The molecule has 1 aliphatic rings. The van der Waals surface area contributed by atoms with E-state index in [-0.39, 0.29) is 5.91 Å². The maximum atomic E-state index is 11.5. The van der Waals surface area contributed by atoms with Gasteiger partial charge in [-0.05, 0) is 26.9 Å². The van der Waals surface area contributed by atoms with E-state index < -0.39 is 0 Å². The van der Waals surface area contributed by atoms with Crippen LogP contribution >= 0.6 is 0 Å². The lowest BCUT2D eigenvalue weighted by Gasteiger charge is -2.17. The summed E-state index contributed by atoms with van der Waals surface area (Å²) in [5, 5.41) is 3.29. The van der Waals surface area contributed by atoms with Crippen molar-refractivity contribution in [2.45, 2.75) is 19.4 Å². The minimum Gasteiger partial charge on any atom is -0.345 e. The highest BCUT2D eigenvalue weighted by molar-refractivity contribution is 5.77. The number of hydrogen-bond acceptors (Lipinski definition) is 3. The summed E-state index contributed by atoms with van der Waals surface area (Å²) < 4.78 is 0. The van der Waals surface area contributed by atoms with Gasteiger partial charge in [0, 0.05) is 26.2 Å². The van der Waals surface area contributed by atoms with Crippen molar-refractivity contribution in [1.82, 2.24) is 15.1 Å². The second-order valence-electron chi connectivity index (χ2n) is 4.04. The molecule has 0 aromatic rings. The third-order valence-electron chi connectivity index (χ3n) is 2.83. The predicted octanol–water partition coefficient (Wildman–Crippen LogP) is -0.242. The van der Waals surface area contributed by atoms with Crippen molar-refractivity contribution in [2.24, 2.45) is 0 Å². The quantitative estimate of drug-likeness (QED) is 0.678. The van der Waals surface area contributed by atoms with E-state index >= 15 is 0 Å². The molecule has 1 rings (SSSR count). The fourth-order valence-corrected chi connectivity index (χ4v) is 1.64. The number of nitrogens with one attached hydrogen (secondary N) is 1. The Bertz CT molecular complexity index is 196. The van der Waals surface area contributed by atoms with Crippen molar-refractivity contribution in [1.29, 1.82) is 0 Å². The Morgan fingerprint density at radius 1 is 1.64 bits per heavy atom. The number of amides is 1.